The van der Waals surface area contributed by atoms with E-state index in [1.54, 1.807) is 25.3 Å². The number of piperidine rings is 1. The molecule has 2 heterocycles. The minimum absolute atomic E-state index is 0.0404. The number of anilines is 2. The van der Waals surface area contributed by atoms with E-state index in [1.165, 1.54) is 0 Å². The smallest absolute Gasteiger partial charge is 0.324 e. The summed E-state index contributed by atoms with van der Waals surface area (Å²) in [6.07, 6.45) is 1.38. The molecule has 0 unspecified atom stereocenters. The van der Waals surface area contributed by atoms with Crippen molar-refractivity contribution in [3.63, 3.8) is 0 Å². The fraction of sp³-hybridized carbons (Fsp3) is 0.318. The summed E-state index contributed by atoms with van der Waals surface area (Å²) in [6.45, 7) is 3.35. The van der Waals surface area contributed by atoms with Crippen LogP contribution in [0.2, 0.25) is 5.02 Å². The van der Waals surface area contributed by atoms with Crippen LogP contribution in [0.5, 0.6) is 5.75 Å². The highest BCUT2D eigenvalue weighted by Crippen LogP contribution is 2.30. The Kier molecular flexibility index (Phi) is 5.90. The van der Waals surface area contributed by atoms with Gasteiger partial charge in [-0.1, -0.05) is 41.0 Å². The van der Waals surface area contributed by atoms with E-state index in [-0.39, 0.29) is 11.8 Å². The molecule has 1 aromatic heterocycles. The second-order valence-electron chi connectivity index (χ2n) is 7.31. The highest BCUT2D eigenvalue weighted by atomic mass is 35.5. The number of aromatic nitrogens is 2. The Morgan fingerprint density at radius 3 is 2.73 bits per heavy atom. The number of methoxy groups -OCH3 is 1. The zero-order valence-electron chi connectivity index (χ0n) is 16.9. The first-order valence-corrected chi connectivity index (χ1v) is 10.2. The molecule has 30 heavy (non-hydrogen) atoms. The summed E-state index contributed by atoms with van der Waals surface area (Å²) in [6, 6.07) is 13.6. The average molecular weight is 427 g/mol. The van der Waals surface area contributed by atoms with Gasteiger partial charge in [0, 0.05) is 29.6 Å². The number of halogens is 1. The maximum atomic E-state index is 12.7. The summed E-state index contributed by atoms with van der Waals surface area (Å²) in [5.74, 6) is 1.01. The van der Waals surface area contributed by atoms with Crippen LogP contribution < -0.4 is 15.0 Å². The van der Waals surface area contributed by atoms with Crippen LogP contribution in [0, 0.1) is 12.8 Å². The van der Waals surface area contributed by atoms with Crippen molar-refractivity contribution < 1.29 is 14.1 Å². The number of nitrogens with one attached hydrogen (secondary N) is 1. The molecule has 0 spiro atoms. The monoisotopic (exact) mass is 426 g/mol. The molecule has 1 aliphatic heterocycles. The number of aryl methyl sites for hydroxylation is 1. The molecule has 0 bridgehead atoms. The summed E-state index contributed by atoms with van der Waals surface area (Å²) in [7, 11) is 1.56. The van der Waals surface area contributed by atoms with E-state index in [0.717, 1.165) is 11.1 Å². The van der Waals surface area contributed by atoms with Crippen LogP contribution in [-0.2, 0) is 4.79 Å². The normalized spacial score (nSPS) is 14.6. The fourth-order valence-electron chi connectivity index (χ4n) is 3.62. The van der Waals surface area contributed by atoms with Crippen molar-refractivity contribution in [3.8, 4) is 17.1 Å². The molecule has 0 aliphatic carbocycles. The summed E-state index contributed by atoms with van der Waals surface area (Å²) < 4.78 is 10.8. The lowest BCUT2D eigenvalue weighted by Crippen LogP contribution is -2.38. The molecular weight excluding hydrogens is 404 g/mol. The van der Waals surface area contributed by atoms with E-state index >= 15 is 0 Å². The first-order chi connectivity index (χ1) is 14.5. The van der Waals surface area contributed by atoms with Gasteiger partial charge in [-0.15, -0.1) is 0 Å². The second-order valence-corrected chi connectivity index (χ2v) is 7.75. The standard InChI is InChI=1S/C22H23ClN4O3/c1-14-5-3-4-6-17(14)20-25-22(30-26-20)27-11-9-15(10-12-27)21(28)24-18-13-16(23)7-8-19(18)29-2/h3-8,13,15H,9-12H2,1-2H3,(H,24,28). The highest BCUT2D eigenvalue weighted by molar-refractivity contribution is 6.31. The lowest BCUT2D eigenvalue weighted by molar-refractivity contribution is -0.120. The number of carbonyl (C=O) groups is 1. The maximum Gasteiger partial charge on any atom is 0.324 e. The van der Waals surface area contributed by atoms with Gasteiger partial charge in [-0.2, -0.15) is 4.98 Å². The van der Waals surface area contributed by atoms with Crippen molar-refractivity contribution in [3.05, 3.63) is 53.1 Å². The molecule has 1 fully saturated rings. The van der Waals surface area contributed by atoms with Crippen LogP contribution in [0.15, 0.2) is 47.0 Å². The van der Waals surface area contributed by atoms with Gasteiger partial charge in [0.1, 0.15) is 5.75 Å². The lowest BCUT2D eigenvalue weighted by Gasteiger charge is -2.29. The third-order valence-electron chi connectivity index (χ3n) is 5.36. The number of ether oxygens (including phenoxy) is 1. The van der Waals surface area contributed by atoms with Crippen molar-refractivity contribution in [1.29, 1.82) is 0 Å². The van der Waals surface area contributed by atoms with Crippen LogP contribution in [0.1, 0.15) is 18.4 Å². The average Bonchev–Trinajstić information content (AvgIpc) is 3.24. The number of amides is 1. The molecule has 0 atom stereocenters. The molecule has 3 aromatic rings. The first-order valence-electron chi connectivity index (χ1n) is 9.84. The molecule has 8 heteroatoms. The SMILES string of the molecule is COc1ccc(Cl)cc1NC(=O)C1CCN(c2nc(-c3ccccc3C)no2)CC1. The van der Waals surface area contributed by atoms with Crippen molar-refractivity contribution in [2.24, 2.45) is 5.92 Å². The van der Waals surface area contributed by atoms with E-state index in [0.29, 0.717) is 54.2 Å². The molecule has 1 aliphatic rings. The minimum Gasteiger partial charge on any atom is -0.495 e. The van der Waals surface area contributed by atoms with Crippen LogP contribution in [-0.4, -0.2) is 36.2 Å². The Morgan fingerprint density at radius 1 is 1.23 bits per heavy atom. The largest absolute Gasteiger partial charge is 0.495 e. The number of nitrogens with zero attached hydrogens (tertiary/aromatic N) is 3. The van der Waals surface area contributed by atoms with Crippen molar-refractivity contribution in [1.82, 2.24) is 10.1 Å². The summed E-state index contributed by atoms with van der Waals surface area (Å²) >= 11 is 6.05. The van der Waals surface area contributed by atoms with Gasteiger partial charge in [-0.25, -0.2) is 0 Å². The van der Waals surface area contributed by atoms with Gasteiger partial charge in [-0.05, 0) is 43.5 Å². The predicted molar refractivity (Wildman–Crippen MR) is 116 cm³/mol. The van der Waals surface area contributed by atoms with Gasteiger partial charge >= 0.3 is 6.01 Å². The van der Waals surface area contributed by atoms with E-state index in [4.69, 9.17) is 20.9 Å². The van der Waals surface area contributed by atoms with E-state index < -0.39 is 0 Å². The Hall–Kier alpha value is -3.06. The zero-order valence-corrected chi connectivity index (χ0v) is 17.6. The highest BCUT2D eigenvalue weighted by Gasteiger charge is 2.28. The third-order valence-corrected chi connectivity index (χ3v) is 5.59. The van der Waals surface area contributed by atoms with E-state index in [9.17, 15) is 4.79 Å². The molecular formula is C22H23ClN4O3. The van der Waals surface area contributed by atoms with Crippen LogP contribution in [0.4, 0.5) is 11.7 Å². The fourth-order valence-corrected chi connectivity index (χ4v) is 3.79. The van der Waals surface area contributed by atoms with Gasteiger partial charge in [0.25, 0.3) is 0 Å². The second kappa shape index (κ2) is 8.75. The Balaban J connectivity index is 1.38. The summed E-state index contributed by atoms with van der Waals surface area (Å²) in [5, 5.41) is 7.61. The number of hydrogen-bond donors (Lipinski definition) is 1. The van der Waals surface area contributed by atoms with E-state index in [1.807, 2.05) is 36.1 Å². The Labute approximate surface area is 180 Å². The molecule has 1 N–H and O–H groups in total. The quantitative estimate of drug-likeness (QED) is 0.644. The maximum absolute atomic E-state index is 12.7. The zero-order chi connectivity index (χ0) is 21.1. The van der Waals surface area contributed by atoms with Gasteiger partial charge in [0.2, 0.25) is 11.7 Å². The molecule has 1 amide bonds. The summed E-state index contributed by atoms with van der Waals surface area (Å²) in [5.41, 5.74) is 2.63. The van der Waals surface area contributed by atoms with Crippen molar-refractivity contribution >= 4 is 29.2 Å². The van der Waals surface area contributed by atoms with Crippen LogP contribution in [0.25, 0.3) is 11.4 Å². The molecule has 0 radical (unpaired) electrons. The number of hydrogen-bond acceptors (Lipinski definition) is 6. The Morgan fingerprint density at radius 2 is 2.00 bits per heavy atom. The van der Waals surface area contributed by atoms with Crippen molar-refractivity contribution in [2.75, 3.05) is 30.4 Å². The first kappa shape index (κ1) is 20.2. The minimum atomic E-state index is -0.108. The molecule has 0 saturated carbocycles. The van der Waals surface area contributed by atoms with Gasteiger partial charge in [0.05, 0.1) is 12.8 Å². The molecule has 2 aromatic carbocycles. The van der Waals surface area contributed by atoms with Crippen LogP contribution >= 0.6 is 11.6 Å². The summed E-state index contributed by atoms with van der Waals surface area (Å²) in [4.78, 5) is 19.3. The van der Waals surface area contributed by atoms with E-state index in [2.05, 4.69) is 15.5 Å². The van der Waals surface area contributed by atoms with Gasteiger partial charge in [0.15, 0.2) is 0 Å². The number of benzene rings is 2. The Bertz CT molecular complexity index is 1040. The third kappa shape index (κ3) is 4.26. The molecule has 4 rings (SSSR count). The van der Waals surface area contributed by atoms with Gasteiger partial charge < -0.3 is 19.5 Å². The number of carbonyl (C=O) groups excluding carboxylic acids is 1. The topological polar surface area (TPSA) is 80.5 Å². The number of rotatable bonds is 5. The van der Waals surface area contributed by atoms with Crippen LogP contribution in [0.3, 0.4) is 0 Å². The molecule has 156 valence electrons. The predicted octanol–water partition coefficient (Wildman–Crippen LogP) is 4.56. The van der Waals surface area contributed by atoms with Gasteiger partial charge in [-0.3, -0.25) is 4.79 Å². The lowest BCUT2D eigenvalue weighted by atomic mass is 9.96. The van der Waals surface area contributed by atoms with Crippen molar-refractivity contribution in [2.45, 2.75) is 19.8 Å². The molecule has 7 nitrogen and oxygen atoms in total. The molecule has 1 saturated heterocycles.